The van der Waals surface area contributed by atoms with Gasteiger partial charge < -0.3 is 10.5 Å². The van der Waals surface area contributed by atoms with Crippen molar-refractivity contribution < 1.29 is 9.53 Å². The summed E-state index contributed by atoms with van der Waals surface area (Å²) < 4.78 is 8.36. The van der Waals surface area contributed by atoms with Gasteiger partial charge >= 0.3 is 5.97 Å². The van der Waals surface area contributed by atoms with E-state index in [1.165, 1.54) is 29.4 Å². The van der Waals surface area contributed by atoms with E-state index in [-0.39, 0.29) is 18.3 Å². The maximum Gasteiger partial charge on any atom is 0.326 e. The highest BCUT2D eigenvalue weighted by atomic mass is 35.5. The molecule has 27 heavy (non-hydrogen) atoms. The van der Waals surface area contributed by atoms with E-state index in [1.807, 2.05) is 18.2 Å². The number of thiazole rings is 1. The van der Waals surface area contributed by atoms with Gasteiger partial charge in [-0.05, 0) is 30.8 Å². The number of anilines is 1. The highest BCUT2D eigenvalue weighted by molar-refractivity contribution is 8.01. The number of nitrogens with two attached hydrogens (primary N) is 1. The minimum atomic E-state index is -0.386. The summed E-state index contributed by atoms with van der Waals surface area (Å²) in [7, 11) is 0. The molecule has 0 bridgehead atoms. The number of fused-ring (bicyclic) bond motifs is 2. The number of aromatic nitrogens is 5. The topological polar surface area (TPSA) is 109 Å². The summed E-state index contributed by atoms with van der Waals surface area (Å²) in [6, 6.07) is 5.57. The lowest BCUT2D eigenvalue weighted by molar-refractivity contribution is -0.143. The molecule has 0 amide bonds. The Kier molecular flexibility index (Phi) is 4.85. The van der Waals surface area contributed by atoms with Crippen molar-refractivity contribution in [2.45, 2.75) is 23.0 Å². The molecule has 0 radical (unpaired) electrons. The van der Waals surface area contributed by atoms with Crippen molar-refractivity contribution in [3.63, 3.8) is 0 Å². The van der Waals surface area contributed by atoms with E-state index in [9.17, 15) is 4.79 Å². The van der Waals surface area contributed by atoms with Gasteiger partial charge in [0.1, 0.15) is 12.9 Å². The Morgan fingerprint density at radius 2 is 2.22 bits per heavy atom. The normalized spacial score (nSPS) is 11.3. The summed E-state index contributed by atoms with van der Waals surface area (Å²) in [5.41, 5.74) is 7.63. The van der Waals surface area contributed by atoms with Crippen LogP contribution >= 0.6 is 34.7 Å². The quantitative estimate of drug-likeness (QED) is 0.489. The molecule has 0 saturated heterocycles. The zero-order chi connectivity index (χ0) is 19.0. The minimum Gasteiger partial charge on any atom is -0.465 e. The molecule has 0 atom stereocenters. The summed E-state index contributed by atoms with van der Waals surface area (Å²) in [5.74, 6) is -0.139. The van der Waals surface area contributed by atoms with Crippen molar-refractivity contribution in [1.29, 1.82) is 0 Å². The van der Waals surface area contributed by atoms with Crippen LogP contribution < -0.4 is 5.73 Å². The molecule has 2 N–H and O–H groups in total. The monoisotopic (exact) mass is 420 g/mol. The number of carbonyl (C=O) groups excluding carboxylic acids is 1. The molecule has 11 heteroatoms. The first-order chi connectivity index (χ1) is 13.1. The van der Waals surface area contributed by atoms with Crippen LogP contribution in [0.1, 0.15) is 6.92 Å². The van der Waals surface area contributed by atoms with Crippen LogP contribution in [-0.4, -0.2) is 37.1 Å². The smallest absolute Gasteiger partial charge is 0.326 e. The van der Waals surface area contributed by atoms with Crippen LogP contribution in [0.4, 0.5) is 5.82 Å². The minimum absolute atomic E-state index is 0.0330. The number of halogens is 1. The van der Waals surface area contributed by atoms with Crippen LogP contribution in [-0.2, 0) is 16.1 Å². The molecule has 3 aromatic heterocycles. The standard InChI is InChI=1S/C16H13ClN6O2S2/c1-2-25-10(24)6-23-14-11(13(18)19-7-20-14)22-15(23)27-16-21-9-5-3-4-8(17)12(9)26-16/h3-5,7H,2,6H2,1H3,(H2,18,19,20). The average molecular weight is 421 g/mol. The second kappa shape index (κ2) is 7.29. The van der Waals surface area contributed by atoms with Crippen molar-refractivity contribution in [2.24, 2.45) is 0 Å². The molecule has 138 valence electrons. The number of nitrogens with zero attached hydrogens (tertiary/aromatic N) is 5. The fourth-order valence-electron chi connectivity index (χ4n) is 2.51. The van der Waals surface area contributed by atoms with Gasteiger partial charge in [0.15, 0.2) is 26.5 Å². The molecule has 0 unspecified atom stereocenters. The Balaban J connectivity index is 1.78. The van der Waals surface area contributed by atoms with Gasteiger partial charge in [0.25, 0.3) is 0 Å². The Hall–Kier alpha value is -2.43. The lowest BCUT2D eigenvalue weighted by atomic mass is 10.3. The van der Waals surface area contributed by atoms with Crippen molar-refractivity contribution >= 4 is 67.9 Å². The van der Waals surface area contributed by atoms with Crippen LogP contribution in [0.25, 0.3) is 21.4 Å². The highest BCUT2D eigenvalue weighted by Gasteiger charge is 2.20. The number of rotatable bonds is 5. The Bertz CT molecular complexity index is 1160. The Labute approximate surface area is 166 Å². The fourth-order valence-corrected chi connectivity index (χ4v) is 4.83. The van der Waals surface area contributed by atoms with Crippen LogP contribution in [0.5, 0.6) is 0 Å². The molecule has 0 saturated carbocycles. The predicted octanol–water partition coefficient (Wildman–Crippen LogP) is 3.39. The third-order valence-electron chi connectivity index (χ3n) is 3.64. The van der Waals surface area contributed by atoms with E-state index in [1.54, 1.807) is 11.5 Å². The summed E-state index contributed by atoms with van der Waals surface area (Å²) in [6.07, 6.45) is 1.34. The van der Waals surface area contributed by atoms with Crippen LogP contribution in [0.15, 0.2) is 34.0 Å². The van der Waals surface area contributed by atoms with Crippen molar-refractivity contribution in [3.05, 3.63) is 29.5 Å². The second-order valence-corrected chi connectivity index (χ2v) is 8.01. The molecule has 0 aliphatic heterocycles. The Morgan fingerprint density at radius 3 is 3.00 bits per heavy atom. The zero-order valence-electron chi connectivity index (χ0n) is 14.0. The van der Waals surface area contributed by atoms with E-state index < -0.39 is 0 Å². The molecule has 0 aliphatic carbocycles. The van der Waals surface area contributed by atoms with Crippen molar-refractivity contribution in [3.8, 4) is 0 Å². The summed E-state index contributed by atoms with van der Waals surface area (Å²) >= 11 is 9.00. The fraction of sp³-hybridized carbons (Fsp3) is 0.188. The van der Waals surface area contributed by atoms with Crippen LogP contribution in [0.2, 0.25) is 5.02 Å². The van der Waals surface area contributed by atoms with Gasteiger partial charge in [-0.3, -0.25) is 9.36 Å². The van der Waals surface area contributed by atoms with E-state index in [4.69, 9.17) is 22.1 Å². The first-order valence-electron chi connectivity index (χ1n) is 7.92. The zero-order valence-corrected chi connectivity index (χ0v) is 16.4. The van der Waals surface area contributed by atoms with Crippen molar-refractivity contribution in [2.75, 3.05) is 12.3 Å². The Morgan fingerprint density at radius 1 is 1.37 bits per heavy atom. The van der Waals surface area contributed by atoms with Gasteiger partial charge in [0, 0.05) is 0 Å². The number of hydrogen-bond donors (Lipinski definition) is 1. The summed E-state index contributed by atoms with van der Waals surface area (Å²) in [5, 5.41) is 1.17. The molecule has 0 spiro atoms. The summed E-state index contributed by atoms with van der Waals surface area (Å²) in [4.78, 5) is 29.3. The molecule has 0 fully saturated rings. The molecule has 4 aromatic rings. The first kappa shape index (κ1) is 18.0. The molecule has 0 aliphatic rings. The maximum absolute atomic E-state index is 12.0. The van der Waals surface area contributed by atoms with E-state index in [0.717, 1.165) is 14.6 Å². The number of hydrogen-bond acceptors (Lipinski definition) is 9. The molecule has 4 rings (SSSR count). The van der Waals surface area contributed by atoms with Gasteiger partial charge in [-0.1, -0.05) is 17.7 Å². The van der Waals surface area contributed by atoms with Crippen LogP contribution in [0.3, 0.4) is 0 Å². The van der Waals surface area contributed by atoms with E-state index >= 15 is 0 Å². The number of esters is 1. The number of carbonyl (C=O) groups is 1. The average Bonchev–Trinajstić information content (AvgIpc) is 3.19. The third kappa shape index (κ3) is 3.43. The van der Waals surface area contributed by atoms with Gasteiger partial charge in [-0.2, -0.15) is 0 Å². The van der Waals surface area contributed by atoms with E-state index in [2.05, 4.69) is 19.9 Å². The molecule has 8 nitrogen and oxygen atoms in total. The number of nitrogen functional groups attached to an aromatic ring is 1. The first-order valence-corrected chi connectivity index (χ1v) is 9.93. The van der Waals surface area contributed by atoms with Crippen molar-refractivity contribution in [1.82, 2.24) is 24.5 Å². The number of ether oxygens (including phenoxy) is 1. The van der Waals surface area contributed by atoms with Gasteiger partial charge in [-0.15, -0.1) is 11.3 Å². The molecular weight excluding hydrogens is 408 g/mol. The largest absolute Gasteiger partial charge is 0.465 e. The SMILES string of the molecule is CCOC(=O)Cn1c(Sc2nc3cccc(Cl)c3s2)nc2c(N)ncnc21. The number of imidazole rings is 1. The molecule has 3 heterocycles. The summed E-state index contributed by atoms with van der Waals surface area (Å²) in [6.45, 7) is 2.01. The predicted molar refractivity (Wildman–Crippen MR) is 105 cm³/mol. The van der Waals surface area contributed by atoms with Gasteiger partial charge in [0.05, 0.1) is 21.8 Å². The highest BCUT2D eigenvalue weighted by Crippen LogP contribution is 2.38. The molecule has 1 aromatic carbocycles. The van der Waals surface area contributed by atoms with Crippen LogP contribution in [0, 0.1) is 0 Å². The second-order valence-electron chi connectivity index (χ2n) is 5.39. The lowest BCUT2D eigenvalue weighted by Crippen LogP contribution is -2.14. The van der Waals surface area contributed by atoms with E-state index in [0.29, 0.717) is 27.9 Å². The van der Waals surface area contributed by atoms with Gasteiger partial charge in [-0.25, -0.2) is 19.9 Å². The van der Waals surface area contributed by atoms with Gasteiger partial charge in [0.2, 0.25) is 0 Å². The third-order valence-corrected chi connectivity index (χ3v) is 6.23. The maximum atomic E-state index is 12.0. The molecular formula is C16H13ClN6O2S2. The lowest BCUT2D eigenvalue weighted by Gasteiger charge is -2.06. The number of benzene rings is 1.